The zero-order valence-corrected chi connectivity index (χ0v) is 11.3. The highest BCUT2D eigenvalue weighted by atomic mass is 35.5. The minimum absolute atomic E-state index is 0.138. The molecule has 1 aromatic carbocycles. The molecule has 0 aromatic heterocycles. The average molecular weight is 267 g/mol. The Hall–Kier alpha value is -1.06. The monoisotopic (exact) mass is 266 g/mol. The van der Waals surface area contributed by atoms with Crippen LogP contribution in [0.1, 0.15) is 43.2 Å². The third-order valence-corrected chi connectivity index (χ3v) is 3.67. The van der Waals surface area contributed by atoms with Gasteiger partial charge >= 0.3 is 0 Å². The van der Waals surface area contributed by atoms with Crippen LogP contribution >= 0.6 is 11.6 Å². The maximum atomic E-state index is 10.9. The molecule has 1 amide bonds. The van der Waals surface area contributed by atoms with Crippen LogP contribution in [0.2, 0.25) is 5.02 Å². The normalized spacial score (nSPS) is 16.6. The van der Waals surface area contributed by atoms with Crippen LogP contribution in [0.3, 0.4) is 0 Å². The number of nitrogens with two attached hydrogens (primary N) is 1. The van der Waals surface area contributed by atoms with Gasteiger partial charge in [-0.3, -0.25) is 4.79 Å². The molecule has 1 fully saturated rings. The Morgan fingerprint density at radius 3 is 2.89 bits per heavy atom. The van der Waals surface area contributed by atoms with Crippen LogP contribution < -0.4 is 11.1 Å². The Kier molecular flexibility index (Phi) is 4.25. The van der Waals surface area contributed by atoms with Crippen molar-refractivity contribution < 1.29 is 4.79 Å². The smallest absolute Gasteiger partial charge is 0.218 e. The van der Waals surface area contributed by atoms with E-state index in [4.69, 9.17) is 17.3 Å². The van der Waals surface area contributed by atoms with E-state index < -0.39 is 0 Å². The number of benzene rings is 1. The van der Waals surface area contributed by atoms with Crippen LogP contribution in [0.15, 0.2) is 18.2 Å². The van der Waals surface area contributed by atoms with E-state index in [1.165, 1.54) is 12.8 Å². The highest BCUT2D eigenvalue weighted by Crippen LogP contribution is 2.26. The number of halogens is 1. The van der Waals surface area contributed by atoms with E-state index in [9.17, 15) is 4.79 Å². The molecule has 3 N–H and O–H groups in total. The fourth-order valence-corrected chi connectivity index (χ4v) is 2.18. The van der Waals surface area contributed by atoms with E-state index in [1.54, 1.807) is 0 Å². The van der Waals surface area contributed by atoms with Gasteiger partial charge in [-0.1, -0.05) is 30.7 Å². The van der Waals surface area contributed by atoms with Crippen molar-refractivity contribution in [3.05, 3.63) is 34.3 Å². The van der Waals surface area contributed by atoms with Crippen molar-refractivity contribution in [2.45, 2.75) is 44.7 Å². The number of carbonyl (C=O) groups excluding carboxylic acids is 1. The van der Waals surface area contributed by atoms with Gasteiger partial charge in [0.1, 0.15) is 0 Å². The van der Waals surface area contributed by atoms with Crippen LogP contribution in [0, 0.1) is 0 Å². The van der Waals surface area contributed by atoms with Gasteiger partial charge in [-0.2, -0.15) is 0 Å². The van der Waals surface area contributed by atoms with Gasteiger partial charge in [-0.05, 0) is 36.0 Å². The zero-order chi connectivity index (χ0) is 13.1. The van der Waals surface area contributed by atoms with Gasteiger partial charge in [0.05, 0.1) is 0 Å². The number of amides is 1. The average Bonchev–Trinajstić information content (AvgIpc) is 3.10. The second kappa shape index (κ2) is 5.72. The summed E-state index contributed by atoms with van der Waals surface area (Å²) in [5, 5.41) is 4.22. The second-order valence-corrected chi connectivity index (χ2v) is 5.48. The summed E-state index contributed by atoms with van der Waals surface area (Å²) in [5.74, 6) is -0.130. The summed E-state index contributed by atoms with van der Waals surface area (Å²) in [6.45, 7) is 2.80. The Labute approximate surface area is 113 Å². The van der Waals surface area contributed by atoms with Crippen LogP contribution in [-0.2, 0) is 11.3 Å². The summed E-state index contributed by atoms with van der Waals surface area (Å²) in [5.41, 5.74) is 7.44. The fraction of sp³-hybridized carbons (Fsp3) is 0.500. The van der Waals surface area contributed by atoms with Gasteiger partial charge < -0.3 is 11.1 Å². The minimum Gasteiger partial charge on any atom is -0.370 e. The first-order valence-electron chi connectivity index (χ1n) is 6.36. The summed E-state index contributed by atoms with van der Waals surface area (Å²) in [7, 11) is 0. The van der Waals surface area contributed by atoms with E-state index in [0.29, 0.717) is 12.5 Å². The molecule has 0 heterocycles. The lowest BCUT2D eigenvalue weighted by atomic mass is 9.96. The Balaban J connectivity index is 2.06. The molecule has 0 bridgehead atoms. The van der Waals surface area contributed by atoms with Gasteiger partial charge in [0.2, 0.25) is 5.91 Å². The third kappa shape index (κ3) is 3.72. The second-order valence-electron chi connectivity index (χ2n) is 5.08. The predicted octanol–water partition coefficient (Wildman–Crippen LogP) is 2.57. The summed E-state index contributed by atoms with van der Waals surface area (Å²) in [6.07, 6.45) is 2.89. The highest BCUT2D eigenvalue weighted by Gasteiger charge is 2.20. The Morgan fingerprint density at radius 2 is 2.28 bits per heavy atom. The molecule has 1 saturated carbocycles. The maximum Gasteiger partial charge on any atom is 0.218 e. The Bertz CT molecular complexity index is 443. The molecular weight excluding hydrogens is 248 g/mol. The van der Waals surface area contributed by atoms with Crippen LogP contribution in [0.25, 0.3) is 0 Å². The molecular formula is C14H19ClN2O. The molecule has 1 atom stereocenters. The summed E-state index contributed by atoms with van der Waals surface area (Å²) >= 11 is 6.18. The van der Waals surface area contributed by atoms with E-state index in [1.807, 2.05) is 19.1 Å². The molecule has 1 aliphatic rings. The SMILES string of the molecule is CC(CC(N)=O)c1ccc(Cl)c(CNC2CC2)c1. The van der Waals surface area contributed by atoms with Crippen LogP contribution in [0.5, 0.6) is 0 Å². The van der Waals surface area contributed by atoms with Crippen molar-refractivity contribution in [1.29, 1.82) is 0 Å². The molecule has 0 radical (unpaired) electrons. The van der Waals surface area contributed by atoms with Gasteiger partial charge in [0.15, 0.2) is 0 Å². The number of hydrogen-bond acceptors (Lipinski definition) is 2. The topological polar surface area (TPSA) is 55.1 Å². The fourth-order valence-electron chi connectivity index (χ4n) is 2.00. The van der Waals surface area contributed by atoms with Gasteiger partial charge in [-0.15, -0.1) is 0 Å². The quantitative estimate of drug-likeness (QED) is 0.831. The minimum atomic E-state index is -0.268. The summed E-state index contributed by atoms with van der Waals surface area (Å²) in [4.78, 5) is 10.9. The first-order chi connectivity index (χ1) is 8.56. The van der Waals surface area contributed by atoms with Gasteiger partial charge in [0, 0.05) is 24.0 Å². The molecule has 0 saturated heterocycles. The zero-order valence-electron chi connectivity index (χ0n) is 10.6. The largest absolute Gasteiger partial charge is 0.370 e. The lowest BCUT2D eigenvalue weighted by molar-refractivity contribution is -0.118. The number of primary amides is 1. The molecule has 1 unspecified atom stereocenters. The lowest BCUT2D eigenvalue weighted by Gasteiger charge is -2.13. The van der Waals surface area contributed by atoms with E-state index in [-0.39, 0.29) is 11.8 Å². The van der Waals surface area contributed by atoms with Crippen molar-refractivity contribution in [3.8, 4) is 0 Å². The number of hydrogen-bond donors (Lipinski definition) is 2. The van der Waals surface area contributed by atoms with Crippen LogP contribution in [0.4, 0.5) is 0 Å². The van der Waals surface area contributed by atoms with E-state index >= 15 is 0 Å². The van der Waals surface area contributed by atoms with Crippen molar-refractivity contribution >= 4 is 17.5 Å². The first kappa shape index (κ1) is 13.4. The standard InChI is InChI=1S/C14H19ClN2O/c1-9(6-14(16)18)10-2-5-13(15)11(7-10)8-17-12-3-4-12/h2,5,7,9,12,17H,3-4,6,8H2,1H3,(H2,16,18). The van der Waals surface area contributed by atoms with Crippen molar-refractivity contribution in [1.82, 2.24) is 5.32 Å². The number of carbonyl (C=O) groups is 1. The van der Waals surface area contributed by atoms with E-state index in [0.717, 1.165) is 22.7 Å². The summed E-state index contributed by atoms with van der Waals surface area (Å²) < 4.78 is 0. The van der Waals surface area contributed by atoms with E-state index in [2.05, 4.69) is 11.4 Å². The van der Waals surface area contributed by atoms with Crippen molar-refractivity contribution in [2.24, 2.45) is 5.73 Å². The molecule has 98 valence electrons. The molecule has 2 rings (SSSR count). The van der Waals surface area contributed by atoms with Crippen molar-refractivity contribution in [2.75, 3.05) is 0 Å². The third-order valence-electron chi connectivity index (χ3n) is 3.30. The molecule has 1 aliphatic carbocycles. The number of nitrogens with one attached hydrogen (secondary N) is 1. The molecule has 1 aromatic rings. The Morgan fingerprint density at radius 1 is 1.56 bits per heavy atom. The molecule has 18 heavy (non-hydrogen) atoms. The lowest BCUT2D eigenvalue weighted by Crippen LogP contribution is -2.16. The molecule has 0 spiro atoms. The maximum absolute atomic E-state index is 10.9. The summed E-state index contributed by atoms with van der Waals surface area (Å²) in [6, 6.07) is 6.60. The predicted molar refractivity (Wildman–Crippen MR) is 73.5 cm³/mol. The van der Waals surface area contributed by atoms with Crippen molar-refractivity contribution in [3.63, 3.8) is 0 Å². The van der Waals surface area contributed by atoms with Gasteiger partial charge in [-0.25, -0.2) is 0 Å². The number of rotatable bonds is 6. The highest BCUT2D eigenvalue weighted by molar-refractivity contribution is 6.31. The first-order valence-corrected chi connectivity index (χ1v) is 6.74. The van der Waals surface area contributed by atoms with Crippen LogP contribution in [-0.4, -0.2) is 11.9 Å². The molecule has 3 nitrogen and oxygen atoms in total. The molecule has 0 aliphatic heterocycles. The van der Waals surface area contributed by atoms with Gasteiger partial charge in [0.25, 0.3) is 0 Å². The molecule has 4 heteroatoms.